The third kappa shape index (κ3) is 40.3. The lowest BCUT2D eigenvalue weighted by Crippen LogP contribution is -2.17. The summed E-state index contributed by atoms with van der Waals surface area (Å²) in [6.07, 6.45) is 25.5. The van der Waals surface area contributed by atoms with Crippen molar-refractivity contribution in [2.24, 2.45) is 10.2 Å². The Kier molecular flexibility index (Phi) is 45.1. The second-order valence-electron chi connectivity index (χ2n) is 21.1. The number of benzene rings is 4. The zero-order chi connectivity index (χ0) is 65.7. The zero-order valence-electron chi connectivity index (χ0n) is 53.2. The fraction of sp³-hybridized carbons (Fsp3) is 0.576. The SMILES string of the molecule is O=C(N/N=C\c1ccccc1S(=O)(=O)O)c1ccc(OCCOCCOCCOCCOCCCCCCCCCCCSSCCCCCCCCCCCOCCOCCOCCOCCOc2ccc(C(=O)N/N=C\c3ccccc3S(=O)(=O)O)cc2)cc1. The van der Waals surface area contributed by atoms with E-state index in [1.54, 1.807) is 60.7 Å². The standard InChI is InChI=1S/C66H98N4O18S4/c71-65(69-67-55-59-23-15-17-25-63(59)91(73,74)75)57-27-31-61(32-28-57)87-51-49-85-47-45-83-43-41-81-39-37-79-35-19-11-7-3-1-5-9-13-21-53-89-90-54-22-14-10-6-2-4-8-12-20-36-80-38-40-82-42-44-84-46-48-86-50-52-88-62-33-29-58(30-34-62)66(72)70-68-56-60-24-16-18-26-64(60)92(76,77)78/h15-18,23-34,55-56H,1-14,19-22,35-54H2,(H,69,71)(H,70,72)(H,73,74,75)(H,76,77,78)/b67-55-,68-56-. The van der Waals surface area contributed by atoms with Gasteiger partial charge in [-0.1, -0.05) is 148 Å². The highest BCUT2D eigenvalue weighted by molar-refractivity contribution is 8.76. The number of carbonyl (C=O) groups is 2. The molecule has 4 rings (SSSR count). The average molecular weight is 1360 g/mol. The predicted molar refractivity (Wildman–Crippen MR) is 361 cm³/mol. The maximum Gasteiger partial charge on any atom is 0.295 e. The third-order valence-corrected chi connectivity index (χ3v) is 18.1. The molecule has 0 bridgehead atoms. The number of unbranched alkanes of at least 4 members (excludes halogenated alkanes) is 16. The van der Waals surface area contributed by atoms with Crippen LogP contribution in [-0.2, 0) is 58.1 Å². The van der Waals surface area contributed by atoms with Crippen LogP contribution in [0.15, 0.2) is 117 Å². The smallest absolute Gasteiger partial charge is 0.295 e. The molecule has 22 nitrogen and oxygen atoms in total. The minimum atomic E-state index is -4.43. The molecular formula is C66H98N4O18S4. The molecule has 0 aromatic heterocycles. The van der Waals surface area contributed by atoms with Crippen LogP contribution < -0.4 is 20.3 Å². The molecular weight excluding hydrogens is 1270 g/mol. The van der Waals surface area contributed by atoms with E-state index < -0.39 is 32.1 Å². The second kappa shape index (κ2) is 52.3. The van der Waals surface area contributed by atoms with Gasteiger partial charge in [0.15, 0.2) is 0 Å². The number of hydrogen-bond acceptors (Lipinski definition) is 20. The molecule has 0 heterocycles. The number of ether oxygens (including phenoxy) is 10. The topological polar surface area (TPSA) is 284 Å². The molecule has 0 aliphatic heterocycles. The largest absolute Gasteiger partial charge is 0.491 e. The van der Waals surface area contributed by atoms with E-state index in [9.17, 15) is 35.5 Å². The molecule has 0 saturated carbocycles. The molecule has 0 radical (unpaired) electrons. The summed E-state index contributed by atoms with van der Waals surface area (Å²) in [6.45, 7) is 8.95. The van der Waals surface area contributed by atoms with E-state index in [2.05, 4.69) is 42.6 Å². The van der Waals surface area contributed by atoms with Crippen molar-refractivity contribution >= 4 is 66.1 Å². The molecule has 4 aromatic rings. The molecule has 0 spiro atoms. The van der Waals surface area contributed by atoms with Crippen LogP contribution in [0.2, 0.25) is 0 Å². The van der Waals surface area contributed by atoms with Gasteiger partial charge in [0, 0.05) is 47.0 Å². The normalized spacial score (nSPS) is 11.9. The Hall–Kier alpha value is -5.04. The molecule has 0 unspecified atom stereocenters. The van der Waals surface area contributed by atoms with Crippen LogP contribution in [0.5, 0.6) is 11.5 Å². The van der Waals surface area contributed by atoms with Gasteiger partial charge < -0.3 is 47.4 Å². The highest BCUT2D eigenvalue weighted by atomic mass is 33.1. The molecule has 4 N–H and O–H groups in total. The fourth-order valence-corrected chi connectivity index (χ4v) is 12.4. The Morgan fingerprint density at radius 2 is 0.609 bits per heavy atom. The summed E-state index contributed by atoms with van der Waals surface area (Å²) in [7, 11) is -4.74. The Morgan fingerprint density at radius 1 is 0.348 bits per heavy atom. The molecule has 0 fully saturated rings. The summed E-state index contributed by atoms with van der Waals surface area (Å²) in [5, 5.41) is 7.60. The van der Waals surface area contributed by atoms with Gasteiger partial charge in [-0.2, -0.15) is 27.0 Å². The van der Waals surface area contributed by atoms with Gasteiger partial charge in [-0.3, -0.25) is 18.7 Å². The second-order valence-corrected chi connectivity index (χ2v) is 26.6. The van der Waals surface area contributed by atoms with Crippen molar-refractivity contribution in [3.63, 3.8) is 0 Å². The summed E-state index contributed by atoms with van der Waals surface area (Å²) in [5.41, 5.74) is 5.59. The van der Waals surface area contributed by atoms with Gasteiger partial charge in [0.25, 0.3) is 32.1 Å². The van der Waals surface area contributed by atoms with Gasteiger partial charge in [0.1, 0.15) is 34.5 Å². The first kappa shape index (κ1) is 79.4. The van der Waals surface area contributed by atoms with Crippen molar-refractivity contribution in [3.8, 4) is 11.5 Å². The number of amides is 2. The van der Waals surface area contributed by atoms with Crippen molar-refractivity contribution in [1.82, 2.24) is 10.9 Å². The summed E-state index contributed by atoms with van der Waals surface area (Å²) in [4.78, 5) is 24.2. The molecule has 0 aliphatic carbocycles. The lowest BCUT2D eigenvalue weighted by molar-refractivity contribution is -0.00487. The van der Waals surface area contributed by atoms with E-state index in [1.807, 2.05) is 0 Å². The van der Waals surface area contributed by atoms with Gasteiger partial charge in [-0.15, -0.1) is 0 Å². The highest BCUT2D eigenvalue weighted by Crippen LogP contribution is 2.25. The molecule has 92 heavy (non-hydrogen) atoms. The Labute approximate surface area is 553 Å². The van der Waals surface area contributed by atoms with Crippen LogP contribution >= 0.6 is 21.6 Å². The number of carbonyl (C=O) groups excluding carboxylic acids is 2. The Balaban J connectivity index is 0.751. The monoisotopic (exact) mass is 1360 g/mol. The number of rotatable bonds is 59. The summed E-state index contributed by atoms with van der Waals surface area (Å²) in [6, 6.07) is 24.4. The van der Waals surface area contributed by atoms with E-state index in [4.69, 9.17) is 47.4 Å². The van der Waals surface area contributed by atoms with Crippen LogP contribution in [0.4, 0.5) is 0 Å². The van der Waals surface area contributed by atoms with Crippen LogP contribution in [-0.4, -0.2) is 181 Å². The zero-order valence-corrected chi connectivity index (χ0v) is 56.5. The van der Waals surface area contributed by atoms with Crippen LogP contribution in [0.25, 0.3) is 0 Å². The average Bonchev–Trinajstić information content (AvgIpc) is 0.937. The molecule has 0 atom stereocenters. The molecule has 0 aliphatic rings. The van der Waals surface area contributed by atoms with Gasteiger partial charge >= 0.3 is 0 Å². The number of nitrogens with zero attached hydrogens (tertiary/aromatic N) is 2. The summed E-state index contributed by atoms with van der Waals surface area (Å²) < 4.78 is 121. The van der Waals surface area contributed by atoms with Crippen molar-refractivity contribution in [2.45, 2.75) is 125 Å². The first-order valence-electron chi connectivity index (χ1n) is 32.0. The lowest BCUT2D eigenvalue weighted by atomic mass is 10.1. The molecule has 2 amide bonds. The number of hydrogen-bond donors (Lipinski definition) is 4. The molecule has 514 valence electrons. The quantitative estimate of drug-likeness (QED) is 0.0105. The molecule has 0 saturated heterocycles. The minimum Gasteiger partial charge on any atom is -0.491 e. The van der Waals surface area contributed by atoms with Gasteiger partial charge in [-0.25, -0.2) is 10.9 Å². The maximum atomic E-state index is 12.4. The predicted octanol–water partition coefficient (Wildman–Crippen LogP) is 11.7. The summed E-state index contributed by atoms with van der Waals surface area (Å²) >= 11 is 0. The van der Waals surface area contributed by atoms with E-state index in [0.717, 1.165) is 38.5 Å². The van der Waals surface area contributed by atoms with Crippen molar-refractivity contribution in [2.75, 3.05) is 130 Å². The first-order valence-corrected chi connectivity index (χ1v) is 37.4. The van der Waals surface area contributed by atoms with Gasteiger partial charge in [-0.05, 0) is 86.3 Å². The Bertz CT molecular complexity index is 2650. The third-order valence-electron chi connectivity index (χ3n) is 13.7. The van der Waals surface area contributed by atoms with Crippen LogP contribution in [0.1, 0.15) is 147 Å². The van der Waals surface area contributed by atoms with E-state index >= 15 is 0 Å². The maximum absolute atomic E-state index is 12.4. The van der Waals surface area contributed by atoms with Crippen molar-refractivity contribution < 1.29 is 82.9 Å². The lowest BCUT2D eigenvalue weighted by Gasteiger charge is -2.09. The van der Waals surface area contributed by atoms with Crippen LogP contribution in [0.3, 0.4) is 0 Å². The van der Waals surface area contributed by atoms with Gasteiger partial charge in [0.2, 0.25) is 0 Å². The van der Waals surface area contributed by atoms with Crippen molar-refractivity contribution in [1.29, 1.82) is 0 Å². The number of hydrazone groups is 2. The van der Waals surface area contributed by atoms with Gasteiger partial charge in [0.05, 0.1) is 105 Å². The van der Waals surface area contributed by atoms with E-state index in [0.29, 0.717) is 128 Å². The number of nitrogens with one attached hydrogen (secondary N) is 2. The molecule has 4 aromatic carbocycles. The van der Waals surface area contributed by atoms with E-state index in [1.165, 1.54) is 151 Å². The highest BCUT2D eigenvalue weighted by Gasteiger charge is 2.15. The summed E-state index contributed by atoms with van der Waals surface area (Å²) in [5.74, 6) is 2.67. The molecule has 26 heteroatoms. The minimum absolute atomic E-state index is 0.134. The first-order chi connectivity index (χ1) is 44.9. The van der Waals surface area contributed by atoms with Crippen molar-refractivity contribution in [3.05, 3.63) is 119 Å². The fourth-order valence-electron chi connectivity index (χ4n) is 8.78. The van der Waals surface area contributed by atoms with E-state index in [-0.39, 0.29) is 20.9 Å². The van der Waals surface area contributed by atoms with Crippen LogP contribution in [0, 0.1) is 0 Å². The Morgan fingerprint density at radius 3 is 0.913 bits per heavy atom.